The Hall–Kier alpha value is -3.29. The number of anilines is 1. The highest BCUT2D eigenvalue weighted by Gasteiger charge is 2.35. The number of urea groups is 1. The van der Waals surface area contributed by atoms with E-state index >= 15 is 0 Å². The minimum Gasteiger partial charge on any atom is -0.481 e. The second kappa shape index (κ2) is 9.89. The van der Waals surface area contributed by atoms with Crippen LogP contribution in [-0.2, 0) is 17.6 Å². The van der Waals surface area contributed by atoms with Crippen molar-refractivity contribution in [2.75, 3.05) is 38.6 Å². The first kappa shape index (κ1) is 21.9. The lowest BCUT2D eigenvalue weighted by molar-refractivity contribution is -0.138. The van der Waals surface area contributed by atoms with E-state index in [0.717, 1.165) is 25.8 Å². The summed E-state index contributed by atoms with van der Waals surface area (Å²) in [6.07, 6.45) is 5.51. The van der Waals surface area contributed by atoms with Crippen LogP contribution in [0.25, 0.3) is 0 Å². The maximum atomic E-state index is 13.1. The molecule has 2 aliphatic heterocycles. The highest BCUT2D eigenvalue weighted by atomic mass is 16.5. The van der Waals surface area contributed by atoms with E-state index in [1.807, 2.05) is 4.90 Å². The Balaban J connectivity index is 1.36. The number of rotatable bonds is 9. The first-order chi connectivity index (χ1) is 15.5. The molecule has 0 spiro atoms. The van der Waals surface area contributed by atoms with Crippen LogP contribution in [0.2, 0.25) is 0 Å². The fourth-order valence-electron chi connectivity index (χ4n) is 4.52. The second-order valence-corrected chi connectivity index (χ2v) is 8.34. The molecule has 0 bridgehead atoms. The summed E-state index contributed by atoms with van der Waals surface area (Å²) in [4.78, 5) is 32.2. The fourth-order valence-corrected chi connectivity index (χ4v) is 4.52. The highest BCUT2D eigenvalue weighted by molar-refractivity contribution is 5.78. The van der Waals surface area contributed by atoms with Crippen LogP contribution in [-0.4, -0.2) is 65.2 Å². The molecule has 8 heteroatoms. The average Bonchev–Trinajstić information content (AvgIpc) is 3.17. The van der Waals surface area contributed by atoms with E-state index in [0.29, 0.717) is 31.1 Å². The third kappa shape index (κ3) is 4.95. The van der Waals surface area contributed by atoms with Crippen molar-refractivity contribution in [1.29, 1.82) is 0 Å². The maximum Gasteiger partial charge on any atom is 0.320 e. The van der Waals surface area contributed by atoms with Crippen molar-refractivity contribution in [3.05, 3.63) is 53.2 Å². The van der Waals surface area contributed by atoms with E-state index in [4.69, 9.17) is 4.74 Å². The summed E-state index contributed by atoms with van der Waals surface area (Å²) in [7, 11) is 1.53. The van der Waals surface area contributed by atoms with Gasteiger partial charge >= 0.3 is 12.0 Å². The molecule has 1 saturated heterocycles. The van der Waals surface area contributed by atoms with Gasteiger partial charge < -0.3 is 25.0 Å². The number of benzene rings is 1. The zero-order chi connectivity index (χ0) is 22.5. The summed E-state index contributed by atoms with van der Waals surface area (Å²) in [5.41, 5.74) is 4.59. The van der Waals surface area contributed by atoms with E-state index in [2.05, 4.69) is 28.5 Å². The van der Waals surface area contributed by atoms with Crippen LogP contribution in [0.4, 0.5) is 10.5 Å². The van der Waals surface area contributed by atoms with Gasteiger partial charge in [-0.15, -0.1) is 0 Å². The van der Waals surface area contributed by atoms with Crippen molar-refractivity contribution in [2.45, 2.75) is 38.1 Å². The predicted molar refractivity (Wildman–Crippen MR) is 121 cm³/mol. The average molecular weight is 439 g/mol. The second-order valence-electron chi connectivity index (χ2n) is 8.34. The number of carboxylic acid groups (broad SMARTS) is 1. The monoisotopic (exact) mass is 438 g/mol. The molecule has 8 nitrogen and oxygen atoms in total. The molecule has 2 aliphatic rings. The number of pyridine rings is 1. The van der Waals surface area contributed by atoms with Gasteiger partial charge in [0.05, 0.1) is 19.6 Å². The molecule has 1 fully saturated rings. The largest absolute Gasteiger partial charge is 0.481 e. The minimum atomic E-state index is -0.946. The number of aromatic nitrogens is 1. The number of nitrogens with one attached hydrogen (secondary N) is 1. The van der Waals surface area contributed by atoms with Crippen LogP contribution in [0.1, 0.15) is 42.0 Å². The van der Waals surface area contributed by atoms with E-state index in [-0.39, 0.29) is 12.5 Å². The number of aliphatic carboxylic acids is 1. The number of amides is 2. The minimum absolute atomic E-state index is 0.112. The third-order valence-corrected chi connectivity index (χ3v) is 6.23. The molecule has 4 rings (SSSR count). The SMILES string of the molecule is COc1ccc([C@H](CC(=O)O)N2CCN(CCCc3ccc4c(c3)NCCC4)C2=O)cn1. The number of aryl methyl sites for hydroxylation is 2. The number of carbonyl (C=O) groups is 2. The zero-order valence-electron chi connectivity index (χ0n) is 18.4. The summed E-state index contributed by atoms with van der Waals surface area (Å²) >= 11 is 0. The van der Waals surface area contributed by atoms with Gasteiger partial charge in [-0.3, -0.25) is 4.79 Å². The quantitative estimate of drug-likeness (QED) is 0.624. The van der Waals surface area contributed by atoms with Gasteiger partial charge in [0.1, 0.15) is 0 Å². The predicted octanol–water partition coefficient (Wildman–Crippen LogP) is 3.33. The number of ether oxygens (including phenoxy) is 1. The van der Waals surface area contributed by atoms with Crippen LogP contribution in [0.15, 0.2) is 36.5 Å². The zero-order valence-corrected chi connectivity index (χ0v) is 18.4. The molecule has 2 N–H and O–H groups in total. The van der Waals surface area contributed by atoms with Crippen molar-refractivity contribution in [2.24, 2.45) is 0 Å². The molecular formula is C24H30N4O4. The van der Waals surface area contributed by atoms with Gasteiger partial charge in [-0.1, -0.05) is 18.2 Å². The Morgan fingerprint density at radius 3 is 2.91 bits per heavy atom. The lowest BCUT2D eigenvalue weighted by Gasteiger charge is -2.27. The number of nitrogens with zero attached hydrogens (tertiary/aromatic N) is 3. The molecule has 0 aliphatic carbocycles. The first-order valence-electron chi connectivity index (χ1n) is 11.2. The molecule has 2 aromatic rings. The highest BCUT2D eigenvalue weighted by Crippen LogP contribution is 2.29. The van der Waals surface area contributed by atoms with Crippen LogP contribution in [0.5, 0.6) is 5.88 Å². The molecule has 3 heterocycles. The lowest BCUT2D eigenvalue weighted by Crippen LogP contribution is -2.36. The van der Waals surface area contributed by atoms with Crippen molar-refractivity contribution in [3.63, 3.8) is 0 Å². The van der Waals surface area contributed by atoms with Gasteiger partial charge in [0, 0.05) is 44.1 Å². The van der Waals surface area contributed by atoms with Gasteiger partial charge in [0.2, 0.25) is 5.88 Å². The Kier molecular flexibility index (Phi) is 6.78. The van der Waals surface area contributed by atoms with Crippen LogP contribution in [0.3, 0.4) is 0 Å². The molecule has 0 radical (unpaired) electrons. The molecule has 2 amide bonds. The van der Waals surface area contributed by atoms with Crippen LogP contribution >= 0.6 is 0 Å². The molecule has 1 aromatic heterocycles. The van der Waals surface area contributed by atoms with Crippen LogP contribution in [0, 0.1) is 0 Å². The lowest BCUT2D eigenvalue weighted by atomic mass is 9.99. The van der Waals surface area contributed by atoms with E-state index < -0.39 is 12.0 Å². The first-order valence-corrected chi connectivity index (χ1v) is 11.2. The summed E-state index contributed by atoms with van der Waals surface area (Å²) in [5, 5.41) is 12.9. The summed E-state index contributed by atoms with van der Waals surface area (Å²) in [6.45, 7) is 2.78. The van der Waals surface area contributed by atoms with Crippen molar-refractivity contribution in [3.8, 4) is 5.88 Å². The number of carbonyl (C=O) groups excluding carboxylic acids is 1. The summed E-state index contributed by atoms with van der Waals surface area (Å²) in [5.74, 6) is -0.493. The van der Waals surface area contributed by atoms with Crippen molar-refractivity contribution in [1.82, 2.24) is 14.8 Å². The molecular weight excluding hydrogens is 408 g/mol. The Morgan fingerprint density at radius 2 is 2.16 bits per heavy atom. The standard InChI is InChI=1S/C24H30N4O4/c1-32-22-9-8-19(16-26-22)21(15-23(29)30)28-13-12-27(24(28)31)11-3-4-17-6-7-18-5-2-10-25-20(18)14-17/h6-9,14,16,21,25H,2-5,10-13,15H2,1H3,(H,29,30)/t21-/m0/s1. The smallest absolute Gasteiger partial charge is 0.320 e. The van der Waals surface area contributed by atoms with Crippen molar-refractivity contribution < 1.29 is 19.4 Å². The van der Waals surface area contributed by atoms with E-state index in [1.165, 1.54) is 30.3 Å². The molecule has 32 heavy (non-hydrogen) atoms. The van der Waals surface area contributed by atoms with Gasteiger partial charge in [-0.05, 0) is 48.4 Å². The van der Waals surface area contributed by atoms with Gasteiger partial charge in [0.15, 0.2) is 0 Å². The molecule has 1 atom stereocenters. The molecule has 0 unspecified atom stereocenters. The number of methoxy groups -OCH3 is 1. The number of hydrogen-bond donors (Lipinski definition) is 2. The fraction of sp³-hybridized carbons (Fsp3) is 0.458. The third-order valence-electron chi connectivity index (χ3n) is 6.23. The van der Waals surface area contributed by atoms with Gasteiger partial charge in [0.25, 0.3) is 0 Å². The molecule has 170 valence electrons. The Bertz CT molecular complexity index is 963. The normalized spacial score (nSPS) is 16.5. The Labute approximate surface area is 188 Å². The topological polar surface area (TPSA) is 95.0 Å². The summed E-state index contributed by atoms with van der Waals surface area (Å²) in [6, 6.07) is 9.43. The van der Waals surface area contributed by atoms with E-state index in [9.17, 15) is 14.7 Å². The number of carboxylic acids is 1. The van der Waals surface area contributed by atoms with Crippen molar-refractivity contribution >= 4 is 17.7 Å². The van der Waals surface area contributed by atoms with Crippen LogP contribution < -0.4 is 10.1 Å². The maximum absolute atomic E-state index is 13.1. The van der Waals surface area contributed by atoms with Gasteiger partial charge in [-0.25, -0.2) is 9.78 Å². The number of hydrogen-bond acceptors (Lipinski definition) is 5. The summed E-state index contributed by atoms with van der Waals surface area (Å²) < 4.78 is 5.08. The van der Waals surface area contributed by atoms with Gasteiger partial charge in [-0.2, -0.15) is 0 Å². The Morgan fingerprint density at radius 1 is 1.28 bits per heavy atom. The molecule has 0 saturated carbocycles. The number of fused-ring (bicyclic) bond motifs is 1. The van der Waals surface area contributed by atoms with E-state index in [1.54, 1.807) is 23.2 Å². The molecule has 1 aromatic carbocycles.